The van der Waals surface area contributed by atoms with Gasteiger partial charge in [-0.05, 0) is 55.4 Å². The predicted molar refractivity (Wildman–Crippen MR) is 108 cm³/mol. The molecule has 3 aliphatic rings. The maximum atomic E-state index is 12.8. The largest absolute Gasteiger partial charge is 0.455 e. The topological polar surface area (TPSA) is 52.6 Å². The lowest BCUT2D eigenvalue weighted by Gasteiger charge is -2.42. The van der Waals surface area contributed by atoms with Gasteiger partial charge in [0.05, 0.1) is 11.1 Å². The number of fused-ring (bicyclic) bond motifs is 5. The Labute approximate surface area is 171 Å². The molecule has 4 nitrogen and oxygen atoms in total. The molecular weight excluding hydrogens is 364 g/mol. The van der Waals surface area contributed by atoms with Gasteiger partial charge in [0.2, 0.25) is 0 Å². The van der Waals surface area contributed by atoms with E-state index in [1.165, 1.54) is 25.7 Å². The molecule has 3 aliphatic carbocycles. The third-order valence-electron chi connectivity index (χ3n) is 7.19. The molecule has 0 saturated heterocycles. The van der Waals surface area contributed by atoms with Crippen molar-refractivity contribution in [3.8, 4) is 0 Å². The van der Waals surface area contributed by atoms with E-state index in [4.69, 9.17) is 9.47 Å². The lowest BCUT2D eigenvalue weighted by atomic mass is 9.69. The third-order valence-corrected chi connectivity index (χ3v) is 7.19. The van der Waals surface area contributed by atoms with Crippen molar-refractivity contribution < 1.29 is 19.1 Å². The molecule has 6 atom stereocenters. The third kappa shape index (κ3) is 3.35. The van der Waals surface area contributed by atoms with E-state index in [1.807, 2.05) is 36.4 Å². The van der Waals surface area contributed by atoms with Crippen LogP contribution in [0.4, 0.5) is 0 Å². The van der Waals surface area contributed by atoms with Crippen LogP contribution in [-0.4, -0.2) is 24.1 Å². The summed E-state index contributed by atoms with van der Waals surface area (Å²) in [5, 5.41) is 0. The Bertz CT molecular complexity index is 805. The van der Waals surface area contributed by atoms with Crippen LogP contribution >= 0.6 is 0 Å². The molecule has 0 N–H and O–H groups in total. The summed E-state index contributed by atoms with van der Waals surface area (Å²) in [6.45, 7) is 0. The minimum atomic E-state index is -0.347. The van der Waals surface area contributed by atoms with Crippen molar-refractivity contribution in [1.82, 2.24) is 0 Å². The highest BCUT2D eigenvalue weighted by atomic mass is 16.6. The maximum Gasteiger partial charge on any atom is 0.338 e. The smallest absolute Gasteiger partial charge is 0.338 e. The van der Waals surface area contributed by atoms with Crippen molar-refractivity contribution in [2.24, 2.45) is 23.7 Å². The number of carbonyl (C=O) groups excluding carboxylic acids is 2. The molecule has 5 rings (SSSR count). The van der Waals surface area contributed by atoms with Crippen LogP contribution in [0.5, 0.6) is 0 Å². The molecule has 0 spiro atoms. The van der Waals surface area contributed by atoms with Crippen LogP contribution in [0, 0.1) is 23.7 Å². The van der Waals surface area contributed by atoms with E-state index in [1.54, 1.807) is 24.3 Å². The summed E-state index contributed by atoms with van der Waals surface area (Å²) >= 11 is 0. The molecule has 0 radical (unpaired) electrons. The van der Waals surface area contributed by atoms with Gasteiger partial charge in [0.1, 0.15) is 12.2 Å². The van der Waals surface area contributed by atoms with E-state index in [9.17, 15) is 9.59 Å². The van der Waals surface area contributed by atoms with Gasteiger partial charge in [-0.3, -0.25) is 0 Å². The number of hydrogen-bond donors (Lipinski definition) is 0. The molecule has 150 valence electrons. The fraction of sp³-hybridized carbons (Fsp3) is 0.440. The Kier molecular flexibility index (Phi) is 4.86. The molecule has 29 heavy (non-hydrogen) atoms. The standard InChI is InChI=1S/C25H26O4/c26-24(16-9-3-1-4-10-16)28-22-20-15-21(19-14-8-7-13-18(19)20)23(22)29-25(27)17-11-5-2-6-12-17/h1-6,9-12,18-23H,7-8,13-15H2. The fourth-order valence-corrected chi connectivity index (χ4v) is 6.00. The molecule has 2 aromatic rings. The average Bonchev–Trinajstić information content (AvgIpc) is 3.32. The van der Waals surface area contributed by atoms with Crippen LogP contribution < -0.4 is 0 Å². The van der Waals surface area contributed by atoms with Gasteiger partial charge in [-0.1, -0.05) is 49.2 Å². The van der Waals surface area contributed by atoms with Crippen LogP contribution in [0.25, 0.3) is 0 Å². The molecule has 2 bridgehead atoms. The first kappa shape index (κ1) is 18.4. The molecule has 2 aromatic carbocycles. The van der Waals surface area contributed by atoms with E-state index >= 15 is 0 Å². The van der Waals surface area contributed by atoms with E-state index in [-0.39, 0.29) is 24.1 Å². The second-order valence-corrected chi connectivity index (χ2v) is 8.65. The summed E-state index contributed by atoms with van der Waals surface area (Å²) in [6, 6.07) is 18.2. The van der Waals surface area contributed by atoms with Gasteiger partial charge in [0.25, 0.3) is 0 Å². The molecule has 0 aliphatic heterocycles. The lowest BCUT2D eigenvalue weighted by molar-refractivity contribution is -0.0872. The second-order valence-electron chi connectivity index (χ2n) is 8.65. The second kappa shape index (κ2) is 7.66. The Hall–Kier alpha value is -2.62. The zero-order valence-corrected chi connectivity index (χ0v) is 16.4. The highest BCUT2D eigenvalue weighted by Crippen LogP contribution is 2.59. The van der Waals surface area contributed by atoms with Crippen LogP contribution in [0.3, 0.4) is 0 Å². The number of rotatable bonds is 4. The molecule has 0 heterocycles. The summed E-state index contributed by atoms with van der Waals surface area (Å²) in [4.78, 5) is 25.6. The molecule has 3 fully saturated rings. The summed E-state index contributed by atoms with van der Waals surface area (Å²) in [6.07, 6.45) is 5.19. The highest BCUT2D eigenvalue weighted by molar-refractivity contribution is 5.90. The van der Waals surface area contributed by atoms with Crippen molar-refractivity contribution in [3.05, 3.63) is 71.8 Å². The van der Waals surface area contributed by atoms with Gasteiger partial charge >= 0.3 is 11.9 Å². The lowest BCUT2D eigenvalue weighted by Crippen LogP contribution is -2.47. The summed E-state index contributed by atoms with van der Waals surface area (Å²) in [7, 11) is 0. The molecule has 4 heteroatoms. The van der Waals surface area contributed by atoms with Gasteiger partial charge in [-0.25, -0.2) is 9.59 Å². The van der Waals surface area contributed by atoms with Crippen molar-refractivity contribution in [3.63, 3.8) is 0 Å². The quantitative estimate of drug-likeness (QED) is 0.697. The number of hydrogen-bond acceptors (Lipinski definition) is 4. The number of ether oxygens (including phenoxy) is 2. The summed E-state index contributed by atoms with van der Waals surface area (Å²) < 4.78 is 12.0. The number of carbonyl (C=O) groups is 2. The Morgan fingerprint density at radius 2 is 1.03 bits per heavy atom. The van der Waals surface area contributed by atoms with Crippen molar-refractivity contribution in [2.45, 2.75) is 44.3 Å². The maximum absolute atomic E-state index is 12.8. The molecule has 6 unspecified atom stereocenters. The van der Waals surface area contributed by atoms with Crippen LogP contribution in [0.1, 0.15) is 52.8 Å². The zero-order chi connectivity index (χ0) is 19.8. The van der Waals surface area contributed by atoms with Crippen molar-refractivity contribution in [1.29, 1.82) is 0 Å². The fourth-order valence-electron chi connectivity index (χ4n) is 6.00. The normalized spacial score (nSPS) is 32.4. The predicted octanol–water partition coefficient (Wildman–Crippen LogP) is 4.89. The molecule has 0 aromatic heterocycles. The van der Waals surface area contributed by atoms with Gasteiger partial charge in [-0.2, -0.15) is 0 Å². The van der Waals surface area contributed by atoms with Crippen LogP contribution in [0.15, 0.2) is 60.7 Å². The Morgan fingerprint density at radius 3 is 1.45 bits per heavy atom. The molecule has 3 saturated carbocycles. The average molecular weight is 390 g/mol. The minimum absolute atomic E-state index is 0.298. The van der Waals surface area contributed by atoms with Gasteiger partial charge in [-0.15, -0.1) is 0 Å². The molecule has 0 amide bonds. The zero-order valence-electron chi connectivity index (χ0n) is 16.4. The Balaban J connectivity index is 1.39. The number of benzene rings is 2. The number of esters is 2. The SMILES string of the molecule is O=C(OC1C2CC(C3CCCCC32)C1OC(=O)c1ccccc1)c1ccccc1. The first-order valence-corrected chi connectivity index (χ1v) is 10.7. The summed E-state index contributed by atoms with van der Waals surface area (Å²) in [5.74, 6) is 1.13. The van der Waals surface area contributed by atoms with Gasteiger partial charge in [0.15, 0.2) is 0 Å². The monoisotopic (exact) mass is 390 g/mol. The van der Waals surface area contributed by atoms with Crippen molar-refractivity contribution in [2.75, 3.05) is 0 Å². The van der Waals surface area contributed by atoms with E-state index in [0.29, 0.717) is 34.8 Å². The van der Waals surface area contributed by atoms with Crippen molar-refractivity contribution >= 4 is 11.9 Å². The minimum Gasteiger partial charge on any atom is -0.455 e. The van der Waals surface area contributed by atoms with E-state index in [0.717, 1.165) is 6.42 Å². The van der Waals surface area contributed by atoms with E-state index < -0.39 is 0 Å². The first-order valence-electron chi connectivity index (χ1n) is 10.7. The first-order chi connectivity index (χ1) is 14.2. The highest BCUT2D eigenvalue weighted by Gasteiger charge is 2.61. The summed E-state index contributed by atoms with van der Waals surface area (Å²) in [5.41, 5.74) is 1.09. The molecular formula is C25H26O4. The van der Waals surface area contributed by atoms with Gasteiger partial charge < -0.3 is 9.47 Å². The Morgan fingerprint density at radius 1 is 0.621 bits per heavy atom. The van der Waals surface area contributed by atoms with Crippen LogP contribution in [0.2, 0.25) is 0 Å². The van der Waals surface area contributed by atoms with E-state index in [2.05, 4.69) is 0 Å². The van der Waals surface area contributed by atoms with Gasteiger partial charge in [0, 0.05) is 11.8 Å². The van der Waals surface area contributed by atoms with Crippen LogP contribution in [-0.2, 0) is 9.47 Å².